The fraction of sp³-hybridized carbons (Fsp3) is 0.200. The van der Waals surface area contributed by atoms with Gasteiger partial charge in [0.25, 0.3) is 0 Å². The lowest BCUT2D eigenvalue weighted by Crippen LogP contribution is -2.10. The Bertz CT molecular complexity index is 720. The molecule has 2 rings (SSSR count). The number of hydrogen-bond donors (Lipinski definition) is 0. The minimum atomic E-state index is -3.87. The maximum absolute atomic E-state index is 12.3. The first-order valence-electron chi connectivity index (χ1n) is 6.09. The third-order valence-corrected chi connectivity index (χ3v) is 4.27. The van der Waals surface area contributed by atoms with E-state index in [-0.39, 0.29) is 10.6 Å². The third kappa shape index (κ3) is 2.93. The SMILES string of the molecule is COc1ccccc1OS(=O)(=O)c1ccc(C)c(C)c1. The van der Waals surface area contributed by atoms with Gasteiger partial charge in [0.05, 0.1) is 7.11 Å². The summed E-state index contributed by atoms with van der Waals surface area (Å²) >= 11 is 0. The van der Waals surface area contributed by atoms with Gasteiger partial charge in [-0.25, -0.2) is 0 Å². The van der Waals surface area contributed by atoms with Crippen LogP contribution in [0.15, 0.2) is 47.4 Å². The summed E-state index contributed by atoms with van der Waals surface area (Å²) in [7, 11) is -2.40. The molecule has 0 spiro atoms. The molecule has 0 radical (unpaired) electrons. The van der Waals surface area contributed by atoms with Gasteiger partial charge in [-0.1, -0.05) is 18.2 Å². The van der Waals surface area contributed by atoms with Crippen molar-refractivity contribution in [3.8, 4) is 11.5 Å². The molecule has 0 atom stereocenters. The molecule has 0 heterocycles. The molecule has 0 aliphatic heterocycles. The summed E-state index contributed by atoms with van der Waals surface area (Å²) in [6, 6.07) is 11.5. The van der Waals surface area contributed by atoms with Crippen molar-refractivity contribution in [2.45, 2.75) is 18.7 Å². The molecule has 0 aliphatic rings. The van der Waals surface area contributed by atoms with E-state index in [0.717, 1.165) is 11.1 Å². The van der Waals surface area contributed by atoms with Crippen LogP contribution in [0.3, 0.4) is 0 Å². The van der Waals surface area contributed by atoms with Crippen LogP contribution in [0, 0.1) is 13.8 Å². The van der Waals surface area contributed by atoms with Gasteiger partial charge in [0.1, 0.15) is 4.90 Å². The molecule has 20 heavy (non-hydrogen) atoms. The Labute approximate surface area is 119 Å². The molecule has 0 N–H and O–H groups in total. The van der Waals surface area contributed by atoms with E-state index in [4.69, 9.17) is 8.92 Å². The lowest BCUT2D eigenvalue weighted by molar-refractivity contribution is 0.390. The van der Waals surface area contributed by atoms with E-state index < -0.39 is 10.1 Å². The Balaban J connectivity index is 2.38. The first-order valence-corrected chi connectivity index (χ1v) is 7.49. The van der Waals surface area contributed by atoms with Crippen molar-refractivity contribution < 1.29 is 17.3 Å². The molecule has 2 aromatic carbocycles. The smallest absolute Gasteiger partial charge is 0.339 e. The van der Waals surface area contributed by atoms with Crippen molar-refractivity contribution in [2.24, 2.45) is 0 Å². The molecule has 0 bridgehead atoms. The Kier molecular flexibility index (Phi) is 3.99. The van der Waals surface area contributed by atoms with Gasteiger partial charge >= 0.3 is 10.1 Å². The Hall–Kier alpha value is -2.01. The zero-order valence-corrected chi connectivity index (χ0v) is 12.4. The van der Waals surface area contributed by atoms with Crippen molar-refractivity contribution in [2.75, 3.05) is 7.11 Å². The van der Waals surface area contributed by atoms with Crippen molar-refractivity contribution in [3.63, 3.8) is 0 Å². The number of methoxy groups -OCH3 is 1. The molecule has 106 valence electrons. The molecule has 0 amide bonds. The van der Waals surface area contributed by atoms with Crippen molar-refractivity contribution in [3.05, 3.63) is 53.6 Å². The summed E-state index contributed by atoms with van der Waals surface area (Å²) in [6.07, 6.45) is 0. The van der Waals surface area contributed by atoms with E-state index in [2.05, 4.69) is 0 Å². The van der Waals surface area contributed by atoms with Crippen LogP contribution >= 0.6 is 0 Å². The van der Waals surface area contributed by atoms with Gasteiger partial charge in [0.15, 0.2) is 11.5 Å². The summed E-state index contributed by atoms with van der Waals surface area (Å²) in [5, 5.41) is 0. The number of hydrogen-bond acceptors (Lipinski definition) is 4. The van der Waals surface area contributed by atoms with Crippen LogP contribution in [0.25, 0.3) is 0 Å². The monoisotopic (exact) mass is 292 g/mol. The largest absolute Gasteiger partial charge is 0.493 e. The van der Waals surface area contributed by atoms with E-state index in [1.807, 2.05) is 13.8 Å². The Morgan fingerprint density at radius 3 is 2.15 bits per heavy atom. The maximum Gasteiger partial charge on any atom is 0.339 e. The van der Waals surface area contributed by atoms with E-state index in [0.29, 0.717) is 5.75 Å². The molecule has 2 aromatic rings. The zero-order valence-electron chi connectivity index (χ0n) is 11.6. The second-order valence-corrected chi connectivity index (χ2v) is 5.98. The van der Waals surface area contributed by atoms with Crippen LogP contribution in [-0.4, -0.2) is 15.5 Å². The number of ether oxygens (including phenoxy) is 1. The van der Waals surface area contributed by atoms with Gasteiger partial charge < -0.3 is 8.92 Å². The highest BCUT2D eigenvalue weighted by molar-refractivity contribution is 7.87. The molecule has 0 aliphatic carbocycles. The fourth-order valence-corrected chi connectivity index (χ4v) is 2.75. The predicted molar refractivity (Wildman–Crippen MR) is 76.7 cm³/mol. The second-order valence-electron chi connectivity index (χ2n) is 4.43. The lowest BCUT2D eigenvalue weighted by atomic mass is 10.1. The molecular formula is C15H16O4S. The number of aryl methyl sites for hydroxylation is 2. The van der Waals surface area contributed by atoms with Crippen LogP contribution in [0.5, 0.6) is 11.5 Å². The number of para-hydroxylation sites is 2. The fourth-order valence-electron chi connectivity index (χ4n) is 1.72. The number of rotatable bonds is 4. The lowest BCUT2D eigenvalue weighted by Gasteiger charge is -2.11. The summed E-state index contributed by atoms with van der Waals surface area (Å²) in [5.74, 6) is 0.549. The van der Waals surface area contributed by atoms with E-state index in [1.54, 1.807) is 36.4 Å². The number of benzene rings is 2. The van der Waals surface area contributed by atoms with Crippen LogP contribution < -0.4 is 8.92 Å². The summed E-state index contributed by atoms with van der Waals surface area (Å²) < 4.78 is 34.7. The van der Waals surface area contributed by atoms with Crippen molar-refractivity contribution in [1.82, 2.24) is 0 Å². The van der Waals surface area contributed by atoms with Gasteiger partial charge in [-0.2, -0.15) is 8.42 Å². The highest BCUT2D eigenvalue weighted by Crippen LogP contribution is 2.29. The standard InChI is InChI=1S/C15H16O4S/c1-11-8-9-13(10-12(11)2)20(16,17)19-15-7-5-4-6-14(15)18-3/h4-10H,1-3H3. The maximum atomic E-state index is 12.3. The molecule has 0 saturated heterocycles. The molecule has 5 heteroatoms. The van der Waals surface area contributed by atoms with Crippen LogP contribution in [0.1, 0.15) is 11.1 Å². The topological polar surface area (TPSA) is 52.6 Å². The van der Waals surface area contributed by atoms with Crippen molar-refractivity contribution in [1.29, 1.82) is 0 Å². The van der Waals surface area contributed by atoms with Gasteiger partial charge in [0.2, 0.25) is 0 Å². The van der Waals surface area contributed by atoms with Gasteiger partial charge in [-0.15, -0.1) is 0 Å². The van der Waals surface area contributed by atoms with Gasteiger partial charge in [-0.05, 0) is 49.2 Å². The highest BCUT2D eigenvalue weighted by atomic mass is 32.2. The van der Waals surface area contributed by atoms with Crippen LogP contribution in [0.2, 0.25) is 0 Å². The average molecular weight is 292 g/mol. The molecule has 0 unspecified atom stereocenters. The van der Waals surface area contributed by atoms with Gasteiger partial charge in [-0.3, -0.25) is 0 Å². The minimum absolute atomic E-state index is 0.131. The molecule has 0 fully saturated rings. The zero-order chi connectivity index (χ0) is 14.8. The summed E-state index contributed by atoms with van der Waals surface area (Å²) in [6.45, 7) is 3.78. The molecule has 0 aromatic heterocycles. The first-order chi connectivity index (χ1) is 9.44. The third-order valence-electron chi connectivity index (χ3n) is 3.04. The van der Waals surface area contributed by atoms with E-state index in [1.165, 1.54) is 13.2 Å². The highest BCUT2D eigenvalue weighted by Gasteiger charge is 2.19. The van der Waals surface area contributed by atoms with Crippen LogP contribution in [-0.2, 0) is 10.1 Å². The molecule has 4 nitrogen and oxygen atoms in total. The minimum Gasteiger partial charge on any atom is -0.493 e. The van der Waals surface area contributed by atoms with Crippen molar-refractivity contribution >= 4 is 10.1 Å². The van der Waals surface area contributed by atoms with Gasteiger partial charge in [0, 0.05) is 0 Å². The molecule has 0 saturated carbocycles. The van der Waals surface area contributed by atoms with E-state index >= 15 is 0 Å². The predicted octanol–water partition coefficient (Wildman–Crippen LogP) is 3.08. The first kappa shape index (κ1) is 14.4. The summed E-state index contributed by atoms with van der Waals surface area (Å²) in [5.41, 5.74) is 1.93. The summed E-state index contributed by atoms with van der Waals surface area (Å²) in [4.78, 5) is 0.131. The normalized spacial score (nSPS) is 11.2. The molecular weight excluding hydrogens is 276 g/mol. The Morgan fingerprint density at radius 2 is 1.55 bits per heavy atom. The quantitative estimate of drug-likeness (QED) is 0.813. The second kappa shape index (κ2) is 5.54. The van der Waals surface area contributed by atoms with Crippen LogP contribution in [0.4, 0.5) is 0 Å². The Morgan fingerprint density at radius 1 is 0.900 bits per heavy atom. The average Bonchev–Trinajstić information content (AvgIpc) is 2.42. The van der Waals surface area contributed by atoms with E-state index in [9.17, 15) is 8.42 Å².